The summed E-state index contributed by atoms with van der Waals surface area (Å²) in [5.41, 5.74) is 2.06. The molecule has 4 nitrogen and oxygen atoms in total. The quantitative estimate of drug-likeness (QED) is 0.794. The summed E-state index contributed by atoms with van der Waals surface area (Å²) in [4.78, 5) is 13.8. The van der Waals surface area contributed by atoms with E-state index in [2.05, 4.69) is 0 Å². The second-order valence-electron chi connectivity index (χ2n) is 4.91. The molecule has 1 fully saturated rings. The minimum absolute atomic E-state index is 0.270. The maximum absolute atomic E-state index is 12.0. The molecule has 3 rings (SSSR count). The van der Waals surface area contributed by atoms with E-state index in [1.807, 2.05) is 6.07 Å². The second-order valence-corrected chi connectivity index (χ2v) is 5.34. The molecular formula is C14H16ClNO3. The van der Waals surface area contributed by atoms with Gasteiger partial charge in [0, 0.05) is 23.7 Å². The van der Waals surface area contributed by atoms with Gasteiger partial charge in [-0.1, -0.05) is 11.6 Å². The van der Waals surface area contributed by atoms with Crippen LogP contribution in [0, 0.1) is 0 Å². The van der Waals surface area contributed by atoms with Crippen LogP contribution < -0.4 is 4.74 Å². The van der Waals surface area contributed by atoms with Gasteiger partial charge < -0.3 is 14.4 Å². The van der Waals surface area contributed by atoms with Crippen molar-refractivity contribution in [3.8, 4) is 5.75 Å². The first kappa shape index (κ1) is 12.8. The first-order valence-electron chi connectivity index (χ1n) is 6.60. The Balaban J connectivity index is 1.83. The highest BCUT2D eigenvalue weighted by molar-refractivity contribution is 6.30. The molecule has 0 spiro atoms. The molecule has 1 aromatic carbocycles. The van der Waals surface area contributed by atoms with E-state index in [1.54, 1.807) is 11.0 Å². The third-order valence-corrected chi connectivity index (χ3v) is 3.80. The smallest absolute Gasteiger partial charge is 0.410 e. The third-order valence-electron chi connectivity index (χ3n) is 3.58. The van der Waals surface area contributed by atoms with Crippen molar-refractivity contribution in [2.24, 2.45) is 0 Å². The van der Waals surface area contributed by atoms with Crippen LogP contribution in [0.5, 0.6) is 5.75 Å². The lowest BCUT2D eigenvalue weighted by Gasteiger charge is -2.21. The summed E-state index contributed by atoms with van der Waals surface area (Å²) >= 11 is 6.06. The summed E-state index contributed by atoms with van der Waals surface area (Å²) in [7, 11) is 0. The molecule has 2 aliphatic heterocycles. The van der Waals surface area contributed by atoms with Gasteiger partial charge in [0.05, 0.1) is 13.2 Å². The molecule has 0 atom stereocenters. The normalized spacial score (nSPS) is 18.3. The van der Waals surface area contributed by atoms with Gasteiger partial charge in [-0.05, 0) is 37.0 Å². The van der Waals surface area contributed by atoms with Crippen molar-refractivity contribution < 1.29 is 14.3 Å². The highest BCUT2D eigenvalue weighted by Crippen LogP contribution is 2.31. The average molecular weight is 282 g/mol. The zero-order valence-corrected chi connectivity index (χ0v) is 11.4. The number of rotatable bonds is 1. The van der Waals surface area contributed by atoms with Crippen molar-refractivity contribution in [3.63, 3.8) is 0 Å². The number of likely N-dealkylation sites (tertiary alicyclic amines) is 1. The van der Waals surface area contributed by atoms with E-state index in [4.69, 9.17) is 21.1 Å². The standard InChI is InChI=1S/C14H16ClNO3/c15-11-7-10-9-18-6-3-12(10)13(8-11)19-14(17)16-4-1-2-5-16/h7-8H,1-6,9H2. The minimum atomic E-state index is -0.270. The van der Waals surface area contributed by atoms with E-state index in [0.29, 0.717) is 24.0 Å². The molecule has 19 heavy (non-hydrogen) atoms. The number of benzene rings is 1. The van der Waals surface area contributed by atoms with Gasteiger partial charge in [0.15, 0.2) is 0 Å². The molecule has 0 aromatic heterocycles. The van der Waals surface area contributed by atoms with Crippen LogP contribution in [0.4, 0.5) is 4.79 Å². The fourth-order valence-electron chi connectivity index (χ4n) is 2.58. The second kappa shape index (κ2) is 5.39. The first-order valence-corrected chi connectivity index (χ1v) is 6.97. The molecule has 5 heteroatoms. The van der Waals surface area contributed by atoms with Crippen molar-refractivity contribution >= 4 is 17.7 Å². The topological polar surface area (TPSA) is 38.8 Å². The van der Waals surface area contributed by atoms with Gasteiger partial charge >= 0.3 is 6.09 Å². The fraction of sp³-hybridized carbons (Fsp3) is 0.500. The monoisotopic (exact) mass is 281 g/mol. The molecule has 1 amide bonds. The summed E-state index contributed by atoms with van der Waals surface area (Å²) in [6.07, 6.45) is 2.59. The molecule has 0 N–H and O–H groups in total. The molecule has 0 aliphatic carbocycles. The molecule has 102 valence electrons. The number of carbonyl (C=O) groups excluding carboxylic acids is 1. The Labute approximate surface area is 117 Å². The van der Waals surface area contributed by atoms with Crippen molar-refractivity contribution in [1.29, 1.82) is 0 Å². The van der Waals surface area contributed by atoms with E-state index >= 15 is 0 Å². The molecule has 2 heterocycles. The summed E-state index contributed by atoms with van der Waals surface area (Å²) in [6, 6.07) is 3.60. The van der Waals surface area contributed by atoms with Crippen LogP contribution in [0.2, 0.25) is 5.02 Å². The van der Waals surface area contributed by atoms with Crippen LogP contribution >= 0.6 is 11.6 Å². The Morgan fingerprint density at radius 2 is 2.11 bits per heavy atom. The maximum Gasteiger partial charge on any atom is 0.415 e. The van der Waals surface area contributed by atoms with E-state index in [-0.39, 0.29) is 6.09 Å². The van der Waals surface area contributed by atoms with Crippen LogP contribution in [-0.2, 0) is 17.8 Å². The number of amides is 1. The Kier molecular flexibility index (Phi) is 3.62. The van der Waals surface area contributed by atoms with Crippen molar-refractivity contribution in [3.05, 3.63) is 28.3 Å². The first-order chi connectivity index (χ1) is 9.24. The number of nitrogens with zero attached hydrogens (tertiary/aromatic N) is 1. The number of fused-ring (bicyclic) bond motifs is 1. The zero-order chi connectivity index (χ0) is 13.2. The van der Waals surface area contributed by atoms with E-state index < -0.39 is 0 Å². The van der Waals surface area contributed by atoms with Gasteiger partial charge in [0.25, 0.3) is 0 Å². The lowest BCUT2D eigenvalue weighted by molar-refractivity contribution is 0.109. The number of ether oxygens (including phenoxy) is 2. The average Bonchev–Trinajstić information content (AvgIpc) is 2.92. The van der Waals surface area contributed by atoms with Crippen LogP contribution in [0.3, 0.4) is 0 Å². The predicted molar refractivity (Wildman–Crippen MR) is 71.6 cm³/mol. The van der Waals surface area contributed by atoms with Gasteiger partial charge in [-0.25, -0.2) is 4.79 Å². The fourth-order valence-corrected chi connectivity index (χ4v) is 2.81. The lowest BCUT2D eigenvalue weighted by atomic mass is 10.0. The Bertz CT molecular complexity index is 498. The van der Waals surface area contributed by atoms with Crippen molar-refractivity contribution in [2.45, 2.75) is 25.9 Å². The SMILES string of the molecule is O=C(Oc1cc(Cl)cc2c1CCOC2)N1CCCC1. The van der Waals surface area contributed by atoms with Crippen molar-refractivity contribution in [1.82, 2.24) is 4.90 Å². The molecule has 2 aliphatic rings. The molecule has 0 radical (unpaired) electrons. The van der Waals surface area contributed by atoms with Gasteiger partial charge in [-0.3, -0.25) is 0 Å². The van der Waals surface area contributed by atoms with Crippen LogP contribution in [0.15, 0.2) is 12.1 Å². The minimum Gasteiger partial charge on any atom is -0.410 e. The molecule has 0 unspecified atom stereocenters. The van der Waals surface area contributed by atoms with Crippen LogP contribution in [0.25, 0.3) is 0 Å². The van der Waals surface area contributed by atoms with Gasteiger partial charge in [-0.15, -0.1) is 0 Å². The van der Waals surface area contributed by atoms with Crippen LogP contribution in [0.1, 0.15) is 24.0 Å². The van der Waals surface area contributed by atoms with Gasteiger partial charge in [0.2, 0.25) is 0 Å². The van der Waals surface area contributed by atoms with Crippen molar-refractivity contribution in [2.75, 3.05) is 19.7 Å². The lowest BCUT2D eigenvalue weighted by Crippen LogP contribution is -2.31. The number of halogens is 1. The number of hydrogen-bond acceptors (Lipinski definition) is 3. The van der Waals surface area contributed by atoms with E-state index in [9.17, 15) is 4.79 Å². The third kappa shape index (κ3) is 2.69. The molecular weight excluding hydrogens is 266 g/mol. The van der Waals surface area contributed by atoms with E-state index in [0.717, 1.165) is 43.5 Å². The molecule has 0 saturated carbocycles. The summed E-state index contributed by atoms with van der Waals surface area (Å²) in [5.74, 6) is 0.586. The summed E-state index contributed by atoms with van der Waals surface area (Å²) in [6.45, 7) is 2.75. The highest BCUT2D eigenvalue weighted by atomic mass is 35.5. The number of hydrogen-bond donors (Lipinski definition) is 0. The molecule has 1 saturated heterocycles. The summed E-state index contributed by atoms with van der Waals surface area (Å²) in [5, 5.41) is 0.577. The van der Waals surface area contributed by atoms with Crippen LogP contribution in [-0.4, -0.2) is 30.7 Å². The molecule has 0 bridgehead atoms. The highest BCUT2D eigenvalue weighted by Gasteiger charge is 2.23. The van der Waals surface area contributed by atoms with Gasteiger partial charge in [-0.2, -0.15) is 0 Å². The largest absolute Gasteiger partial charge is 0.415 e. The Morgan fingerprint density at radius 3 is 2.89 bits per heavy atom. The number of carbonyl (C=O) groups is 1. The summed E-state index contributed by atoms with van der Waals surface area (Å²) < 4.78 is 10.9. The van der Waals surface area contributed by atoms with Gasteiger partial charge in [0.1, 0.15) is 5.75 Å². The Hall–Kier alpha value is -1.26. The van der Waals surface area contributed by atoms with E-state index in [1.165, 1.54) is 0 Å². The Morgan fingerprint density at radius 1 is 1.32 bits per heavy atom. The zero-order valence-electron chi connectivity index (χ0n) is 10.7. The predicted octanol–water partition coefficient (Wildman–Crippen LogP) is 3.01. The maximum atomic E-state index is 12.0. The molecule has 1 aromatic rings.